The summed E-state index contributed by atoms with van der Waals surface area (Å²) >= 11 is 1.58. The number of hydrogen-bond donors (Lipinski definition) is 2. The summed E-state index contributed by atoms with van der Waals surface area (Å²) in [5.74, 6) is -0.620. The number of aromatic amines is 1. The van der Waals surface area contributed by atoms with Gasteiger partial charge in [0.15, 0.2) is 0 Å². The molecule has 45 heavy (non-hydrogen) atoms. The van der Waals surface area contributed by atoms with Crippen molar-refractivity contribution in [2.75, 3.05) is 17.6 Å². The molecule has 224 valence electrons. The molecular formula is C36H28F2N4O2S. The molecule has 2 N–H and O–H groups in total. The summed E-state index contributed by atoms with van der Waals surface area (Å²) in [6.07, 6.45) is 3.52. The largest absolute Gasteiger partial charge is 0.455 e. The van der Waals surface area contributed by atoms with Crippen molar-refractivity contribution in [2.45, 2.75) is 18.9 Å². The molecule has 1 amide bonds. The van der Waals surface area contributed by atoms with E-state index in [0.29, 0.717) is 27.9 Å². The highest BCUT2D eigenvalue weighted by Crippen LogP contribution is 2.46. The van der Waals surface area contributed by atoms with Gasteiger partial charge in [0.1, 0.15) is 23.0 Å². The molecule has 0 bridgehead atoms. The Morgan fingerprint density at radius 3 is 2.47 bits per heavy atom. The van der Waals surface area contributed by atoms with Crippen LogP contribution in [-0.4, -0.2) is 30.2 Å². The van der Waals surface area contributed by atoms with Gasteiger partial charge in [-0.2, -0.15) is 5.26 Å². The number of benzene rings is 4. The zero-order valence-electron chi connectivity index (χ0n) is 24.5. The minimum atomic E-state index is -0.382. The summed E-state index contributed by atoms with van der Waals surface area (Å²) < 4.78 is 36.3. The Morgan fingerprint density at radius 2 is 1.73 bits per heavy atom. The van der Waals surface area contributed by atoms with Crippen molar-refractivity contribution in [3.05, 3.63) is 102 Å². The van der Waals surface area contributed by atoms with E-state index in [1.807, 2.05) is 42.7 Å². The first kappa shape index (κ1) is 28.7. The Balaban J connectivity index is 1.43. The molecule has 2 heterocycles. The van der Waals surface area contributed by atoms with E-state index in [-0.39, 0.29) is 29.5 Å². The Labute approximate surface area is 262 Å². The number of carbonyl (C=O) groups excluding carboxylic acids is 1. The highest BCUT2D eigenvalue weighted by Gasteiger charge is 2.35. The fourth-order valence-electron chi connectivity index (χ4n) is 6.14. The highest BCUT2D eigenvalue weighted by atomic mass is 32.2. The zero-order chi connectivity index (χ0) is 31.2. The number of aromatic nitrogens is 1. The van der Waals surface area contributed by atoms with Gasteiger partial charge in [-0.3, -0.25) is 4.79 Å². The monoisotopic (exact) mass is 618 g/mol. The van der Waals surface area contributed by atoms with E-state index >= 15 is 0 Å². The smallest absolute Gasteiger partial charge is 0.255 e. The van der Waals surface area contributed by atoms with Gasteiger partial charge >= 0.3 is 0 Å². The molecular weight excluding hydrogens is 590 g/mol. The fraction of sp³-hybridized carbons (Fsp3) is 0.167. The Morgan fingerprint density at radius 1 is 0.978 bits per heavy atom. The highest BCUT2D eigenvalue weighted by molar-refractivity contribution is 8.00. The van der Waals surface area contributed by atoms with Crippen LogP contribution in [0, 0.1) is 28.9 Å². The molecule has 6 aromatic rings. The maximum atomic E-state index is 13.9. The van der Waals surface area contributed by atoms with Gasteiger partial charge in [0.2, 0.25) is 0 Å². The first-order valence-corrected chi connectivity index (χ1v) is 15.8. The third kappa shape index (κ3) is 5.11. The molecule has 1 aliphatic carbocycles. The lowest BCUT2D eigenvalue weighted by Gasteiger charge is -2.40. The van der Waals surface area contributed by atoms with Gasteiger partial charge in [-0.1, -0.05) is 30.1 Å². The SMILES string of the molecule is CNC(=O)c1c(-c2ccc(F)cc2)oc2cc(N(SC)C3CC(C#N)C3)c(-c3cccc(-c4cc5cc(F)ccc5[nH]4)c3)cc12. The standard InChI is InChI=1S/C36H28F2N4O2S/c1-40-36(43)34-29-17-28(22-4-3-5-23(14-22)31-16-24-15-26(38)10-11-30(24)41-31)32(42(45-2)27-12-20(13-27)19-39)18-33(29)44-35(34)21-6-8-25(37)9-7-21/h3-11,14-18,20,27,41H,12-13H2,1-2H3,(H,40,43). The van der Waals surface area contributed by atoms with Crippen LogP contribution in [0.3, 0.4) is 0 Å². The third-order valence-corrected chi connectivity index (χ3v) is 9.38. The number of nitriles is 1. The third-order valence-electron chi connectivity index (χ3n) is 8.50. The van der Waals surface area contributed by atoms with Crippen LogP contribution in [0.25, 0.3) is 55.6 Å². The molecule has 0 saturated heterocycles. The van der Waals surface area contributed by atoms with Gasteiger partial charge in [0, 0.05) is 58.5 Å². The molecule has 0 spiro atoms. The predicted octanol–water partition coefficient (Wildman–Crippen LogP) is 8.94. The van der Waals surface area contributed by atoms with Crippen LogP contribution >= 0.6 is 11.9 Å². The molecule has 1 saturated carbocycles. The number of H-pyrrole nitrogens is 1. The molecule has 0 radical (unpaired) electrons. The number of rotatable bonds is 7. The molecule has 7 rings (SSSR count). The van der Waals surface area contributed by atoms with E-state index in [0.717, 1.165) is 51.8 Å². The van der Waals surface area contributed by atoms with Crippen molar-refractivity contribution in [2.24, 2.45) is 5.92 Å². The number of halogens is 2. The van der Waals surface area contributed by atoms with Crippen molar-refractivity contribution in [1.82, 2.24) is 10.3 Å². The molecule has 9 heteroatoms. The second-order valence-corrected chi connectivity index (χ2v) is 12.0. The number of anilines is 1. The van der Waals surface area contributed by atoms with Crippen molar-refractivity contribution in [1.29, 1.82) is 5.26 Å². The topological polar surface area (TPSA) is 85.1 Å². The number of nitrogens with one attached hydrogen (secondary N) is 2. The summed E-state index contributed by atoms with van der Waals surface area (Å²) in [6.45, 7) is 0. The maximum Gasteiger partial charge on any atom is 0.255 e. The number of nitrogens with zero attached hydrogens (tertiary/aromatic N) is 2. The lowest BCUT2D eigenvalue weighted by molar-refractivity contribution is 0.0964. The number of amides is 1. The second kappa shape index (κ2) is 11.5. The van der Waals surface area contributed by atoms with Crippen molar-refractivity contribution in [3.63, 3.8) is 0 Å². The Kier molecular flexibility index (Phi) is 7.30. The number of furan rings is 1. The number of carbonyl (C=O) groups is 1. The van der Waals surface area contributed by atoms with Crippen molar-refractivity contribution >= 4 is 45.4 Å². The first-order chi connectivity index (χ1) is 21.9. The van der Waals surface area contributed by atoms with Gasteiger partial charge in [-0.05, 0) is 84.6 Å². The van der Waals surface area contributed by atoms with E-state index < -0.39 is 0 Å². The molecule has 0 unspecified atom stereocenters. The van der Waals surface area contributed by atoms with Crippen LogP contribution in [0.5, 0.6) is 0 Å². The Bertz CT molecular complexity index is 2120. The molecule has 6 nitrogen and oxygen atoms in total. The van der Waals surface area contributed by atoms with E-state index in [1.165, 1.54) is 24.3 Å². The van der Waals surface area contributed by atoms with E-state index in [4.69, 9.17) is 4.42 Å². The minimum Gasteiger partial charge on any atom is -0.455 e. The van der Waals surface area contributed by atoms with Crippen LogP contribution in [0.15, 0.2) is 89.3 Å². The summed E-state index contributed by atoms with van der Waals surface area (Å²) in [5, 5.41) is 13.6. The quantitative estimate of drug-likeness (QED) is 0.175. The van der Waals surface area contributed by atoms with Gasteiger partial charge < -0.3 is 19.0 Å². The summed E-state index contributed by atoms with van der Waals surface area (Å²) in [5.41, 5.74) is 6.79. The predicted molar refractivity (Wildman–Crippen MR) is 176 cm³/mol. The average molecular weight is 619 g/mol. The summed E-state index contributed by atoms with van der Waals surface area (Å²) in [4.78, 5) is 16.7. The number of fused-ring (bicyclic) bond motifs is 2. The van der Waals surface area contributed by atoms with Crippen LogP contribution in [0.4, 0.5) is 14.5 Å². The maximum absolute atomic E-state index is 13.9. The van der Waals surface area contributed by atoms with Gasteiger partial charge in [0.25, 0.3) is 5.91 Å². The molecule has 2 aromatic heterocycles. The van der Waals surface area contributed by atoms with Crippen LogP contribution < -0.4 is 9.62 Å². The Hall–Kier alpha value is -5.07. The molecule has 0 aliphatic heterocycles. The number of hydrogen-bond acceptors (Lipinski definition) is 5. The summed E-state index contributed by atoms with van der Waals surface area (Å²) in [6, 6.07) is 27.0. The molecule has 1 fully saturated rings. The lowest BCUT2D eigenvalue weighted by Crippen LogP contribution is -2.40. The van der Waals surface area contributed by atoms with Crippen LogP contribution in [0.2, 0.25) is 0 Å². The van der Waals surface area contributed by atoms with Crippen molar-refractivity contribution in [3.8, 4) is 39.8 Å². The zero-order valence-corrected chi connectivity index (χ0v) is 25.3. The van der Waals surface area contributed by atoms with E-state index in [2.05, 4.69) is 26.7 Å². The molecule has 4 aromatic carbocycles. The summed E-state index contributed by atoms with van der Waals surface area (Å²) in [7, 11) is 1.57. The van der Waals surface area contributed by atoms with Crippen LogP contribution in [0.1, 0.15) is 23.2 Å². The van der Waals surface area contributed by atoms with E-state index in [1.54, 1.807) is 37.2 Å². The van der Waals surface area contributed by atoms with Crippen LogP contribution in [-0.2, 0) is 0 Å². The van der Waals surface area contributed by atoms with Crippen molar-refractivity contribution < 1.29 is 18.0 Å². The lowest BCUT2D eigenvalue weighted by atomic mass is 9.81. The average Bonchev–Trinajstić information content (AvgIpc) is 3.63. The molecule has 0 atom stereocenters. The first-order valence-electron chi connectivity index (χ1n) is 14.6. The molecule has 1 aliphatic rings. The normalized spacial score (nSPS) is 16.0. The van der Waals surface area contributed by atoms with Gasteiger partial charge in [-0.15, -0.1) is 0 Å². The second-order valence-electron chi connectivity index (χ2n) is 11.2. The minimum absolute atomic E-state index is 0.0144. The van der Waals surface area contributed by atoms with E-state index in [9.17, 15) is 18.8 Å². The van der Waals surface area contributed by atoms with Gasteiger partial charge in [-0.25, -0.2) is 8.78 Å². The fourth-order valence-corrected chi connectivity index (χ4v) is 6.96. The van der Waals surface area contributed by atoms with Gasteiger partial charge in [0.05, 0.1) is 23.2 Å².